The summed E-state index contributed by atoms with van der Waals surface area (Å²) in [6.45, 7) is 0. The van der Waals surface area contributed by atoms with Crippen molar-refractivity contribution in [2.24, 2.45) is 0 Å². The largest absolute Gasteiger partial charge is 0.308 e. The van der Waals surface area contributed by atoms with Crippen LogP contribution in [0.5, 0.6) is 0 Å². The van der Waals surface area contributed by atoms with Gasteiger partial charge in [0.2, 0.25) is 5.91 Å². The van der Waals surface area contributed by atoms with E-state index in [4.69, 9.17) is 0 Å². The predicted octanol–water partition coefficient (Wildman–Crippen LogP) is 1.74. The molecule has 2 heteroatoms. The van der Waals surface area contributed by atoms with Crippen molar-refractivity contribution in [2.75, 3.05) is 4.90 Å². The van der Waals surface area contributed by atoms with Crippen LogP contribution in [0, 0.1) is 0 Å². The van der Waals surface area contributed by atoms with Crippen LogP contribution >= 0.6 is 0 Å². The van der Waals surface area contributed by atoms with Gasteiger partial charge in [0.1, 0.15) is 0 Å². The summed E-state index contributed by atoms with van der Waals surface area (Å²) in [5.41, 5.74) is 2.47. The van der Waals surface area contributed by atoms with Crippen LogP contribution in [0.3, 0.4) is 0 Å². The highest BCUT2D eigenvalue weighted by molar-refractivity contribution is 6.02. The number of amides is 1. The summed E-state index contributed by atoms with van der Waals surface area (Å²) < 4.78 is 0. The monoisotopic (exact) mass is 173 g/mol. The number of nitrogens with zero attached hydrogens (tertiary/aromatic N) is 1. The van der Waals surface area contributed by atoms with Crippen LogP contribution in [0.25, 0.3) is 0 Å². The minimum absolute atomic E-state index is 0.289. The van der Waals surface area contributed by atoms with Gasteiger partial charge < -0.3 is 4.90 Å². The van der Waals surface area contributed by atoms with E-state index < -0.39 is 0 Å². The van der Waals surface area contributed by atoms with Gasteiger partial charge in [-0.3, -0.25) is 4.79 Å². The molecule has 1 atom stereocenters. The minimum Gasteiger partial charge on any atom is -0.308 e. The lowest BCUT2D eigenvalue weighted by molar-refractivity contribution is -0.124. The molecule has 1 amide bonds. The van der Waals surface area contributed by atoms with Crippen molar-refractivity contribution in [3.63, 3.8) is 0 Å². The summed E-state index contributed by atoms with van der Waals surface area (Å²) in [6.07, 6.45) is 3.03. The maximum Gasteiger partial charge on any atom is 0.229 e. The van der Waals surface area contributed by atoms with Crippen LogP contribution in [0.2, 0.25) is 0 Å². The molecule has 0 N–H and O–H groups in total. The van der Waals surface area contributed by atoms with Gasteiger partial charge in [-0.05, 0) is 24.5 Å². The summed E-state index contributed by atoms with van der Waals surface area (Å²) in [5.74, 6) is 0.289. The Bertz CT molecular complexity index is 372. The molecule has 66 valence electrons. The van der Waals surface area contributed by atoms with E-state index in [1.807, 2.05) is 17.0 Å². The van der Waals surface area contributed by atoms with E-state index in [1.54, 1.807) is 0 Å². The van der Waals surface area contributed by atoms with Gasteiger partial charge in [0, 0.05) is 18.2 Å². The molecule has 1 saturated heterocycles. The Balaban J connectivity index is 2.10. The lowest BCUT2D eigenvalue weighted by atomic mass is 9.88. The van der Waals surface area contributed by atoms with Crippen molar-refractivity contribution in [1.82, 2.24) is 0 Å². The average Bonchev–Trinajstić information content (AvgIpc) is 2.14. The number of fused-ring (bicyclic) bond motifs is 3. The third-order valence-electron chi connectivity index (χ3n) is 3.04. The number of rotatable bonds is 0. The molecule has 1 aromatic carbocycles. The number of para-hydroxylation sites is 1. The molecule has 13 heavy (non-hydrogen) atoms. The van der Waals surface area contributed by atoms with Gasteiger partial charge in [-0.1, -0.05) is 18.2 Å². The van der Waals surface area contributed by atoms with E-state index in [1.165, 1.54) is 5.56 Å². The fourth-order valence-corrected chi connectivity index (χ4v) is 2.32. The molecule has 0 aromatic heterocycles. The van der Waals surface area contributed by atoms with Gasteiger partial charge in [0.05, 0.1) is 0 Å². The van der Waals surface area contributed by atoms with E-state index >= 15 is 0 Å². The third-order valence-corrected chi connectivity index (χ3v) is 3.04. The summed E-state index contributed by atoms with van der Waals surface area (Å²) in [4.78, 5) is 13.3. The Hall–Kier alpha value is -1.31. The van der Waals surface area contributed by atoms with Crippen LogP contribution in [-0.2, 0) is 11.2 Å². The second kappa shape index (κ2) is 2.34. The topological polar surface area (TPSA) is 20.3 Å². The van der Waals surface area contributed by atoms with Crippen LogP contribution in [-0.4, -0.2) is 11.9 Å². The second-order valence-electron chi connectivity index (χ2n) is 3.79. The smallest absolute Gasteiger partial charge is 0.229 e. The van der Waals surface area contributed by atoms with Crippen LogP contribution in [0.4, 0.5) is 5.69 Å². The minimum atomic E-state index is 0.289. The lowest BCUT2D eigenvalue weighted by Crippen LogP contribution is -2.55. The zero-order valence-corrected chi connectivity index (χ0v) is 7.36. The van der Waals surface area contributed by atoms with Crippen molar-refractivity contribution in [2.45, 2.75) is 25.3 Å². The Morgan fingerprint density at radius 2 is 2.15 bits per heavy atom. The van der Waals surface area contributed by atoms with Gasteiger partial charge >= 0.3 is 0 Å². The molecule has 0 radical (unpaired) electrons. The number of aryl methyl sites for hydroxylation is 1. The molecule has 2 aliphatic rings. The molecule has 3 rings (SSSR count). The normalized spacial score (nSPS) is 24.8. The molecule has 1 aromatic rings. The fraction of sp³-hybridized carbons (Fsp3) is 0.364. The van der Waals surface area contributed by atoms with E-state index in [9.17, 15) is 4.79 Å². The average molecular weight is 173 g/mol. The summed E-state index contributed by atoms with van der Waals surface area (Å²) in [7, 11) is 0. The first-order valence-corrected chi connectivity index (χ1v) is 4.76. The number of anilines is 1. The van der Waals surface area contributed by atoms with E-state index in [0.717, 1.165) is 24.9 Å². The standard InChI is InChI=1S/C11H11NO/c13-11-7-9-6-5-8-3-1-2-4-10(8)12(9)11/h1-4,9H,5-7H2. The van der Waals surface area contributed by atoms with Crippen LogP contribution in [0.1, 0.15) is 18.4 Å². The summed E-state index contributed by atoms with van der Waals surface area (Å²) >= 11 is 0. The molecular weight excluding hydrogens is 162 g/mol. The molecule has 0 spiro atoms. The Kier molecular flexibility index (Phi) is 1.29. The highest BCUT2D eigenvalue weighted by Gasteiger charge is 2.40. The van der Waals surface area contributed by atoms with Crippen molar-refractivity contribution in [3.05, 3.63) is 29.8 Å². The van der Waals surface area contributed by atoms with Crippen molar-refractivity contribution < 1.29 is 4.79 Å². The molecule has 1 fully saturated rings. The lowest BCUT2D eigenvalue weighted by Gasteiger charge is -2.44. The van der Waals surface area contributed by atoms with Crippen molar-refractivity contribution >= 4 is 11.6 Å². The molecular formula is C11H11NO. The molecule has 1 unspecified atom stereocenters. The van der Waals surface area contributed by atoms with Gasteiger partial charge in [0.15, 0.2) is 0 Å². The highest BCUT2D eigenvalue weighted by Crippen LogP contribution is 2.37. The van der Waals surface area contributed by atoms with Gasteiger partial charge in [-0.2, -0.15) is 0 Å². The van der Waals surface area contributed by atoms with E-state index in [-0.39, 0.29) is 5.91 Å². The maximum atomic E-state index is 11.4. The number of carbonyl (C=O) groups is 1. The predicted molar refractivity (Wildman–Crippen MR) is 50.7 cm³/mol. The maximum absolute atomic E-state index is 11.4. The SMILES string of the molecule is O=C1CC2CCc3ccccc3N12. The first kappa shape index (κ1) is 7.13. The van der Waals surface area contributed by atoms with E-state index in [0.29, 0.717) is 6.04 Å². The summed E-state index contributed by atoms with van der Waals surface area (Å²) in [5, 5.41) is 0. The second-order valence-corrected chi connectivity index (χ2v) is 3.79. The zero-order valence-electron chi connectivity index (χ0n) is 7.36. The number of carbonyl (C=O) groups excluding carboxylic acids is 1. The third kappa shape index (κ3) is 0.857. The first-order chi connectivity index (χ1) is 6.36. The van der Waals surface area contributed by atoms with Crippen LogP contribution in [0.15, 0.2) is 24.3 Å². The molecule has 0 aliphatic carbocycles. The fourth-order valence-electron chi connectivity index (χ4n) is 2.32. The number of benzene rings is 1. The number of β-lactam (4-membered cyclic amide) rings is 1. The van der Waals surface area contributed by atoms with E-state index in [2.05, 4.69) is 12.1 Å². The zero-order chi connectivity index (χ0) is 8.84. The Labute approximate surface area is 77.2 Å². The van der Waals surface area contributed by atoms with Crippen molar-refractivity contribution in [1.29, 1.82) is 0 Å². The Morgan fingerprint density at radius 1 is 1.31 bits per heavy atom. The van der Waals surface area contributed by atoms with Gasteiger partial charge in [-0.25, -0.2) is 0 Å². The molecule has 2 nitrogen and oxygen atoms in total. The molecule has 2 aliphatic heterocycles. The molecule has 0 bridgehead atoms. The molecule has 2 heterocycles. The number of hydrogen-bond donors (Lipinski definition) is 0. The summed E-state index contributed by atoms with van der Waals surface area (Å²) in [6, 6.07) is 8.73. The van der Waals surface area contributed by atoms with Gasteiger partial charge in [0.25, 0.3) is 0 Å². The van der Waals surface area contributed by atoms with Crippen LogP contribution < -0.4 is 4.90 Å². The highest BCUT2D eigenvalue weighted by atomic mass is 16.2. The Morgan fingerprint density at radius 3 is 3.00 bits per heavy atom. The van der Waals surface area contributed by atoms with Crippen molar-refractivity contribution in [3.8, 4) is 0 Å². The quantitative estimate of drug-likeness (QED) is 0.547. The first-order valence-electron chi connectivity index (χ1n) is 4.76. The molecule has 0 saturated carbocycles. The van der Waals surface area contributed by atoms with Gasteiger partial charge in [-0.15, -0.1) is 0 Å². The number of hydrogen-bond acceptors (Lipinski definition) is 1.